The van der Waals surface area contributed by atoms with Crippen molar-refractivity contribution in [2.45, 2.75) is 33.0 Å². The lowest BCUT2D eigenvalue weighted by atomic mass is 10.1. The van der Waals surface area contributed by atoms with Crippen molar-refractivity contribution >= 4 is 5.91 Å². The molecule has 0 saturated heterocycles. The van der Waals surface area contributed by atoms with E-state index in [9.17, 15) is 9.59 Å². The average Bonchev–Trinajstić information content (AvgIpc) is 3.23. The van der Waals surface area contributed by atoms with Crippen LogP contribution >= 0.6 is 0 Å². The van der Waals surface area contributed by atoms with E-state index in [4.69, 9.17) is 5.10 Å². The molecular formula is C25H25N5O2. The summed E-state index contributed by atoms with van der Waals surface area (Å²) in [5, 5.41) is 11.9. The zero-order chi connectivity index (χ0) is 22.3. The minimum atomic E-state index is -0.329. The molecule has 0 atom stereocenters. The highest BCUT2D eigenvalue weighted by molar-refractivity contribution is 5.92. The highest BCUT2D eigenvalue weighted by Crippen LogP contribution is 2.22. The minimum absolute atomic E-state index is 0.211. The van der Waals surface area contributed by atoms with Gasteiger partial charge < -0.3 is 5.32 Å². The van der Waals surface area contributed by atoms with Crippen LogP contribution in [0.3, 0.4) is 0 Å². The van der Waals surface area contributed by atoms with Crippen LogP contribution < -0.4 is 10.9 Å². The van der Waals surface area contributed by atoms with E-state index < -0.39 is 0 Å². The van der Waals surface area contributed by atoms with Gasteiger partial charge in [-0.25, -0.2) is 4.68 Å². The molecule has 32 heavy (non-hydrogen) atoms. The van der Waals surface area contributed by atoms with E-state index in [2.05, 4.69) is 22.5 Å². The quantitative estimate of drug-likeness (QED) is 0.467. The number of amides is 1. The number of aryl methyl sites for hydroxylation is 1. The number of carbonyl (C=O) groups is 1. The third-order valence-electron chi connectivity index (χ3n) is 5.05. The molecule has 7 nitrogen and oxygen atoms in total. The number of rotatable bonds is 8. The van der Waals surface area contributed by atoms with E-state index in [1.807, 2.05) is 66.3 Å². The van der Waals surface area contributed by atoms with Crippen molar-refractivity contribution < 1.29 is 4.79 Å². The molecule has 1 amide bonds. The topological polar surface area (TPSA) is 81.8 Å². The predicted octanol–water partition coefficient (Wildman–Crippen LogP) is 3.50. The number of nitrogens with one attached hydrogen (secondary N) is 1. The molecule has 0 spiro atoms. The summed E-state index contributed by atoms with van der Waals surface area (Å²) in [6, 6.07) is 22.8. The molecule has 7 heteroatoms. The van der Waals surface area contributed by atoms with Crippen molar-refractivity contribution in [3.05, 3.63) is 106 Å². The van der Waals surface area contributed by atoms with Crippen molar-refractivity contribution in [3.63, 3.8) is 0 Å². The second-order valence-corrected chi connectivity index (χ2v) is 7.51. The SMILES string of the molecule is CCCn1nc(C(=O)NCc2cn(Cc3ccccc3)nc2-c2ccccc2)ccc1=O. The molecule has 0 aliphatic heterocycles. The van der Waals surface area contributed by atoms with Crippen LogP contribution in [-0.4, -0.2) is 25.5 Å². The second kappa shape index (κ2) is 9.87. The molecule has 0 radical (unpaired) electrons. The van der Waals surface area contributed by atoms with Gasteiger partial charge in [0.25, 0.3) is 11.5 Å². The largest absolute Gasteiger partial charge is 0.346 e. The van der Waals surface area contributed by atoms with E-state index in [1.165, 1.54) is 16.8 Å². The highest BCUT2D eigenvalue weighted by Gasteiger charge is 2.15. The first kappa shape index (κ1) is 21.2. The van der Waals surface area contributed by atoms with E-state index in [0.29, 0.717) is 19.6 Å². The van der Waals surface area contributed by atoms with Crippen LogP contribution in [0.5, 0.6) is 0 Å². The van der Waals surface area contributed by atoms with E-state index in [0.717, 1.165) is 28.8 Å². The molecule has 0 aliphatic carbocycles. The fourth-order valence-corrected chi connectivity index (χ4v) is 3.49. The molecule has 0 fully saturated rings. The number of carbonyl (C=O) groups excluding carboxylic acids is 1. The Balaban J connectivity index is 1.56. The average molecular weight is 428 g/mol. The Morgan fingerprint density at radius 1 is 0.938 bits per heavy atom. The fourth-order valence-electron chi connectivity index (χ4n) is 3.49. The number of nitrogens with zero attached hydrogens (tertiary/aromatic N) is 4. The first-order valence-corrected chi connectivity index (χ1v) is 10.7. The minimum Gasteiger partial charge on any atom is -0.346 e. The summed E-state index contributed by atoms with van der Waals surface area (Å²) >= 11 is 0. The Bertz CT molecular complexity index is 1250. The standard InChI is InChI=1S/C25H25N5O2/c1-2-15-30-23(31)14-13-22(27-30)25(32)26-16-21-18-29(17-19-9-5-3-6-10-19)28-24(21)20-11-7-4-8-12-20/h3-14,18H,2,15-17H2,1H3,(H,26,32). The molecule has 1 N–H and O–H groups in total. The molecule has 0 unspecified atom stereocenters. The van der Waals surface area contributed by atoms with Crippen LogP contribution in [0.4, 0.5) is 0 Å². The monoisotopic (exact) mass is 427 g/mol. The normalized spacial score (nSPS) is 10.8. The lowest BCUT2D eigenvalue weighted by molar-refractivity contribution is 0.0943. The Hall–Kier alpha value is -4.00. The van der Waals surface area contributed by atoms with Gasteiger partial charge in [0.1, 0.15) is 5.69 Å². The molecule has 0 aliphatic rings. The van der Waals surface area contributed by atoms with Crippen molar-refractivity contribution in [2.75, 3.05) is 0 Å². The van der Waals surface area contributed by atoms with Gasteiger partial charge in [0.05, 0.1) is 12.2 Å². The number of benzene rings is 2. The van der Waals surface area contributed by atoms with Gasteiger partial charge in [-0.05, 0) is 18.1 Å². The van der Waals surface area contributed by atoms with Gasteiger partial charge in [0.2, 0.25) is 0 Å². The van der Waals surface area contributed by atoms with Gasteiger partial charge in [-0.2, -0.15) is 10.2 Å². The summed E-state index contributed by atoms with van der Waals surface area (Å²) in [5.74, 6) is -0.329. The maximum Gasteiger partial charge on any atom is 0.271 e. The van der Waals surface area contributed by atoms with Crippen LogP contribution in [0, 0.1) is 0 Å². The van der Waals surface area contributed by atoms with Crippen molar-refractivity contribution in [1.82, 2.24) is 24.9 Å². The smallest absolute Gasteiger partial charge is 0.271 e. The summed E-state index contributed by atoms with van der Waals surface area (Å²) in [7, 11) is 0. The second-order valence-electron chi connectivity index (χ2n) is 7.51. The molecular weight excluding hydrogens is 402 g/mol. The Kier molecular flexibility index (Phi) is 6.55. The summed E-state index contributed by atoms with van der Waals surface area (Å²) < 4.78 is 3.21. The van der Waals surface area contributed by atoms with Crippen molar-refractivity contribution in [2.24, 2.45) is 0 Å². The maximum absolute atomic E-state index is 12.7. The third kappa shape index (κ3) is 5.00. The van der Waals surface area contributed by atoms with Crippen LogP contribution in [0.15, 0.2) is 83.8 Å². The molecule has 162 valence electrons. The summed E-state index contributed by atoms with van der Waals surface area (Å²) in [4.78, 5) is 24.6. The van der Waals surface area contributed by atoms with E-state index >= 15 is 0 Å². The van der Waals surface area contributed by atoms with Gasteiger partial charge in [-0.1, -0.05) is 67.6 Å². The van der Waals surface area contributed by atoms with Gasteiger partial charge in [-0.3, -0.25) is 14.3 Å². The maximum atomic E-state index is 12.7. The van der Waals surface area contributed by atoms with Crippen LogP contribution in [0.1, 0.15) is 35.0 Å². The number of hydrogen-bond acceptors (Lipinski definition) is 4. The highest BCUT2D eigenvalue weighted by atomic mass is 16.2. The fraction of sp³-hybridized carbons (Fsp3) is 0.200. The van der Waals surface area contributed by atoms with Crippen LogP contribution in [0.25, 0.3) is 11.3 Å². The Morgan fingerprint density at radius 3 is 2.38 bits per heavy atom. The lowest BCUT2D eigenvalue weighted by Gasteiger charge is -2.07. The van der Waals surface area contributed by atoms with E-state index in [-0.39, 0.29) is 17.2 Å². The zero-order valence-electron chi connectivity index (χ0n) is 17.9. The van der Waals surface area contributed by atoms with Gasteiger partial charge in [0, 0.05) is 36.5 Å². The molecule has 0 saturated carbocycles. The van der Waals surface area contributed by atoms with E-state index in [1.54, 1.807) is 0 Å². The van der Waals surface area contributed by atoms with Gasteiger partial charge in [-0.15, -0.1) is 0 Å². The van der Waals surface area contributed by atoms with Crippen molar-refractivity contribution in [1.29, 1.82) is 0 Å². The van der Waals surface area contributed by atoms with Crippen LogP contribution in [-0.2, 0) is 19.6 Å². The molecule has 2 heterocycles. The van der Waals surface area contributed by atoms with Crippen molar-refractivity contribution in [3.8, 4) is 11.3 Å². The lowest BCUT2D eigenvalue weighted by Crippen LogP contribution is -2.29. The first-order chi connectivity index (χ1) is 15.6. The van der Waals surface area contributed by atoms with Crippen LogP contribution in [0.2, 0.25) is 0 Å². The first-order valence-electron chi connectivity index (χ1n) is 10.7. The Labute approximate surface area is 186 Å². The van der Waals surface area contributed by atoms with Gasteiger partial charge in [0.15, 0.2) is 0 Å². The molecule has 0 bridgehead atoms. The summed E-state index contributed by atoms with van der Waals surface area (Å²) in [6.45, 7) is 3.37. The molecule has 4 rings (SSSR count). The molecule has 2 aromatic heterocycles. The Morgan fingerprint density at radius 2 is 1.66 bits per heavy atom. The predicted molar refractivity (Wildman–Crippen MR) is 123 cm³/mol. The molecule has 2 aromatic carbocycles. The number of aromatic nitrogens is 4. The summed E-state index contributed by atoms with van der Waals surface area (Å²) in [6.07, 6.45) is 2.72. The third-order valence-corrected chi connectivity index (χ3v) is 5.05. The molecule has 4 aromatic rings. The zero-order valence-corrected chi connectivity index (χ0v) is 17.9. The van der Waals surface area contributed by atoms with Gasteiger partial charge >= 0.3 is 0 Å². The number of hydrogen-bond donors (Lipinski definition) is 1. The summed E-state index contributed by atoms with van der Waals surface area (Å²) in [5.41, 5.74) is 3.87.